The molecule has 0 unspecified atom stereocenters. The van der Waals surface area contributed by atoms with E-state index in [2.05, 4.69) is 48.5 Å². The van der Waals surface area contributed by atoms with Crippen molar-refractivity contribution < 1.29 is 0 Å². The van der Waals surface area contributed by atoms with E-state index in [-0.39, 0.29) is 18.9 Å². The van der Waals surface area contributed by atoms with Crippen LogP contribution in [0.15, 0.2) is 0 Å². The molecule has 0 aliphatic carbocycles. The molecule has 0 spiro atoms. The zero-order valence-electron chi connectivity index (χ0n) is 10.6. The molecular weight excluding hydrogens is 162 g/mol. The van der Waals surface area contributed by atoms with Crippen LogP contribution in [-0.4, -0.2) is 25.6 Å². The molecule has 0 atom stereocenters. The van der Waals surface area contributed by atoms with E-state index in [1.807, 2.05) is 0 Å². The maximum absolute atomic E-state index is 2.38. The van der Waals surface area contributed by atoms with E-state index in [0.717, 1.165) is 18.5 Å². The van der Waals surface area contributed by atoms with Crippen LogP contribution in [-0.2, 0) is 0 Å². The van der Waals surface area contributed by atoms with Gasteiger partial charge in [-0.2, -0.15) is 0 Å². The summed E-state index contributed by atoms with van der Waals surface area (Å²) in [7, 11) is 0. The first-order valence-corrected chi connectivity index (χ1v) is 5.73. The summed E-state index contributed by atoms with van der Waals surface area (Å²) in [5.41, 5.74) is 0. The van der Waals surface area contributed by atoms with Gasteiger partial charge in [-0.25, -0.2) is 0 Å². The van der Waals surface area contributed by atoms with Crippen LogP contribution in [0.2, 0.25) is 18.0 Å². The first kappa shape index (κ1) is 17.1. The Morgan fingerprint density at radius 3 is 1.29 bits per heavy atom. The van der Waals surface area contributed by atoms with Gasteiger partial charge in [0.1, 0.15) is 6.71 Å². The zero-order chi connectivity index (χ0) is 10.6. The van der Waals surface area contributed by atoms with Crippen molar-refractivity contribution in [3.8, 4) is 0 Å². The van der Waals surface area contributed by atoms with Gasteiger partial charge in [-0.05, 0) is 0 Å². The van der Waals surface area contributed by atoms with Crippen molar-refractivity contribution in [2.45, 2.75) is 66.4 Å². The summed E-state index contributed by atoms with van der Waals surface area (Å²) in [5.74, 6) is 1.67. The van der Waals surface area contributed by atoms with Crippen LogP contribution in [0, 0.1) is 11.8 Å². The monoisotopic (exact) mass is 190 g/mol. The minimum atomic E-state index is 0. The van der Waals surface area contributed by atoms with E-state index in [1.165, 1.54) is 12.6 Å². The molecule has 0 aliphatic heterocycles. The average molecular weight is 190 g/mol. The molecule has 2 heteroatoms. The second-order valence-corrected chi connectivity index (χ2v) is 6.32. The molecule has 80 valence electrons. The SMILES string of the molecule is CC(C)CB(CC(C)C)C(C)(C)C.[LiH]. The van der Waals surface area contributed by atoms with Crippen molar-refractivity contribution >= 4 is 25.6 Å². The molecule has 0 aromatic carbocycles. The molecule has 0 N–H and O–H groups in total. The number of hydrogen-bond donors (Lipinski definition) is 0. The molecule has 0 saturated heterocycles. The molecule has 0 amide bonds. The Bertz CT molecular complexity index is 126. The molecule has 0 saturated carbocycles. The molecule has 0 aliphatic rings. The van der Waals surface area contributed by atoms with Gasteiger partial charge in [0, 0.05) is 0 Å². The van der Waals surface area contributed by atoms with Crippen molar-refractivity contribution in [1.82, 2.24) is 0 Å². The summed E-state index contributed by atoms with van der Waals surface area (Å²) < 4.78 is 0. The van der Waals surface area contributed by atoms with Crippen molar-refractivity contribution in [3.05, 3.63) is 0 Å². The number of hydrogen-bond acceptors (Lipinski definition) is 0. The van der Waals surface area contributed by atoms with E-state index < -0.39 is 0 Å². The summed E-state index contributed by atoms with van der Waals surface area (Å²) in [5, 5.41) is 0.481. The summed E-state index contributed by atoms with van der Waals surface area (Å²) in [6.45, 7) is 17.3. The van der Waals surface area contributed by atoms with Crippen LogP contribution in [0.4, 0.5) is 0 Å². The van der Waals surface area contributed by atoms with Gasteiger partial charge >= 0.3 is 18.9 Å². The van der Waals surface area contributed by atoms with Crippen molar-refractivity contribution in [1.29, 1.82) is 0 Å². The standard InChI is InChI=1S/C12H27B.Li.H/c1-10(2)8-13(9-11(3)4)12(5,6)7;;/h10-11H,8-9H2,1-7H3;;. The van der Waals surface area contributed by atoms with Gasteiger partial charge in [0.05, 0.1) is 0 Å². The van der Waals surface area contributed by atoms with Crippen LogP contribution in [0.5, 0.6) is 0 Å². The van der Waals surface area contributed by atoms with Gasteiger partial charge in [0.25, 0.3) is 0 Å². The van der Waals surface area contributed by atoms with Crippen LogP contribution in [0.25, 0.3) is 0 Å². The van der Waals surface area contributed by atoms with Gasteiger partial charge in [0.2, 0.25) is 0 Å². The Kier molecular flexibility index (Phi) is 8.56. The second-order valence-electron chi connectivity index (χ2n) is 6.32. The van der Waals surface area contributed by atoms with Crippen molar-refractivity contribution in [2.75, 3.05) is 0 Å². The third kappa shape index (κ3) is 8.01. The number of rotatable bonds is 4. The van der Waals surface area contributed by atoms with Crippen LogP contribution in [0.1, 0.15) is 48.5 Å². The Morgan fingerprint density at radius 2 is 1.14 bits per heavy atom. The zero-order valence-corrected chi connectivity index (χ0v) is 10.6. The summed E-state index contributed by atoms with van der Waals surface area (Å²) in [6.07, 6.45) is 2.75. The summed E-state index contributed by atoms with van der Waals surface area (Å²) in [6, 6.07) is 0. The second kappa shape index (κ2) is 7.02. The van der Waals surface area contributed by atoms with E-state index in [1.54, 1.807) is 0 Å². The van der Waals surface area contributed by atoms with E-state index in [4.69, 9.17) is 0 Å². The van der Waals surface area contributed by atoms with Gasteiger partial charge in [-0.1, -0.05) is 78.3 Å². The van der Waals surface area contributed by atoms with Crippen LogP contribution < -0.4 is 0 Å². The minimum absolute atomic E-state index is 0. The Balaban J connectivity index is 0. The third-order valence-electron chi connectivity index (χ3n) is 2.74. The fraction of sp³-hybridized carbons (Fsp3) is 1.00. The van der Waals surface area contributed by atoms with Crippen LogP contribution in [0.3, 0.4) is 0 Å². The fourth-order valence-electron chi connectivity index (χ4n) is 1.94. The quantitative estimate of drug-likeness (QED) is 0.589. The first-order chi connectivity index (χ1) is 5.73. The maximum atomic E-state index is 2.38. The molecule has 0 rings (SSSR count). The topological polar surface area (TPSA) is 0 Å². The fourth-order valence-corrected chi connectivity index (χ4v) is 1.94. The normalized spacial score (nSPS) is 11.8. The molecule has 0 aromatic heterocycles. The first-order valence-electron chi connectivity index (χ1n) is 5.73. The van der Waals surface area contributed by atoms with Gasteiger partial charge < -0.3 is 0 Å². The Hall–Kier alpha value is 0.662. The molecular formula is C12H28BLi. The summed E-state index contributed by atoms with van der Waals surface area (Å²) in [4.78, 5) is 0. The molecule has 0 nitrogen and oxygen atoms in total. The predicted molar refractivity (Wildman–Crippen MR) is 71.9 cm³/mol. The van der Waals surface area contributed by atoms with Crippen LogP contribution >= 0.6 is 0 Å². The predicted octanol–water partition coefficient (Wildman–Crippen LogP) is 3.94. The van der Waals surface area contributed by atoms with Gasteiger partial charge in [-0.15, -0.1) is 0 Å². The van der Waals surface area contributed by atoms with E-state index in [0.29, 0.717) is 5.31 Å². The molecule has 0 aromatic rings. The van der Waals surface area contributed by atoms with Gasteiger partial charge in [0.15, 0.2) is 0 Å². The molecule has 0 radical (unpaired) electrons. The third-order valence-corrected chi connectivity index (χ3v) is 2.74. The molecule has 0 bridgehead atoms. The summed E-state index contributed by atoms with van der Waals surface area (Å²) >= 11 is 0. The Labute approximate surface area is 104 Å². The van der Waals surface area contributed by atoms with E-state index in [9.17, 15) is 0 Å². The molecule has 0 heterocycles. The Morgan fingerprint density at radius 1 is 0.857 bits per heavy atom. The van der Waals surface area contributed by atoms with Crippen molar-refractivity contribution in [2.24, 2.45) is 11.8 Å². The van der Waals surface area contributed by atoms with Crippen molar-refractivity contribution in [3.63, 3.8) is 0 Å². The molecule has 14 heavy (non-hydrogen) atoms. The molecule has 0 fully saturated rings. The average Bonchev–Trinajstić information content (AvgIpc) is 1.81. The van der Waals surface area contributed by atoms with Gasteiger partial charge in [-0.3, -0.25) is 0 Å². The van der Waals surface area contributed by atoms with E-state index >= 15 is 0 Å².